The van der Waals surface area contributed by atoms with Crippen LogP contribution in [0.15, 0.2) is 42.5 Å². The van der Waals surface area contributed by atoms with Gasteiger partial charge in [-0.2, -0.15) is 0 Å². The van der Waals surface area contributed by atoms with E-state index in [9.17, 15) is 19.7 Å². The molecule has 0 radical (unpaired) electrons. The highest BCUT2D eigenvalue weighted by Gasteiger charge is 2.20. The molecule has 8 nitrogen and oxygen atoms in total. The number of carbonyl (C=O) groups excluding carboxylic acids is 2. The van der Waals surface area contributed by atoms with Gasteiger partial charge in [0.15, 0.2) is 13.1 Å². The fourth-order valence-corrected chi connectivity index (χ4v) is 2.70. The Morgan fingerprint density at radius 3 is 2.33 bits per heavy atom. The molecule has 2 amide bonds. The molecular formula is C18H20ClN4O4+. The van der Waals surface area contributed by atoms with E-state index in [1.165, 1.54) is 6.07 Å². The number of nitrogens with zero attached hydrogens (tertiary/aromatic N) is 1. The molecule has 0 fully saturated rings. The van der Waals surface area contributed by atoms with Gasteiger partial charge in [-0.1, -0.05) is 35.9 Å². The van der Waals surface area contributed by atoms with E-state index in [2.05, 4.69) is 10.6 Å². The van der Waals surface area contributed by atoms with Crippen LogP contribution < -0.4 is 15.5 Å². The van der Waals surface area contributed by atoms with E-state index in [0.29, 0.717) is 21.2 Å². The van der Waals surface area contributed by atoms with Gasteiger partial charge >= 0.3 is 0 Å². The number of para-hydroxylation sites is 2. The van der Waals surface area contributed by atoms with Crippen molar-refractivity contribution in [1.82, 2.24) is 0 Å². The Hall–Kier alpha value is -2.97. The quantitative estimate of drug-likeness (QED) is 0.493. The summed E-state index contributed by atoms with van der Waals surface area (Å²) < 4.78 is 0. The first-order valence-electron chi connectivity index (χ1n) is 8.17. The SMILES string of the molecule is Cc1cccc([N+](=O)[O-])c1NC(=O)C[NH+](C)CC(=O)Nc1ccccc1Cl. The molecule has 1 atom stereocenters. The summed E-state index contributed by atoms with van der Waals surface area (Å²) in [4.78, 5) is 35.5. The molecule has 0 saturated heterocycles. The van der Waals surface area contributed by atoms with Gasteiger partial charge in [-0.25, -0.2) is 0 Å². The number of hydrogen-bond donors (Lipinski definition) is 3. The van der Waals surface area contributed by atoms with E-state index >= 15 is 0 Å². The molecule has 2 aromatic carbocycles. The third kappa shape index (κ3) is 5.77. The minimum absolute atomic E-state index is 0.0264. The molecule has 0 aliphatic rings. The molecular weight excluding hydrogens is 372 g/mol. The fraction of sp³-hybridized carbons (Fsp3) is 0.222. The zero-order valence-corrected chi connectivity index (χ0v) is 15.7. The van der Waals surface area contributed by atoms with Crippen molar-refractivity contribution in [3.63, 3.8) is 0 Å². The molecule has 0 saturated carbocycles. The average molecular weight is 392 g/mol. The molecule has 3 N–H and O–H groups in total. The van der Waals surface area contributed by atoms with Crippen molar-refractivity contribution < 1.29 is 19.4 Å². The van der Waals surface area contributed by atoms with Gasteiger partial charge in [0.25, 0.3) is 17.5 Å². The highest BCUT2D eigenvalue weighted by Crippen LogP contribution is 2.27. The third-order valence-corrected chi connectivity index (χ3v) is 4.11. The number of aryl methyl sites for hydroxylation is 1. The van der Waals surface area contributed by atoms with E-state index in [-0.39, 0.29) is 30.4 Å². The van der Waals surface area contributed by atoms with Crippen LogP contribution in [0.4, 0.5) is 17.1 Å². The number of nitro benzene ring substituents is 1. The van der Waals surface area contributed by atoms with Crippen LogP contribution >= 0.6 is 11.6 Å². The van der Waals surface area contributed by atoms with Crippen molar-refractivity contribution in [2.75, 3.05) is 30.8 Å². The van der Waals surface area contributed by atoms with E-state index in [1.54, 1.807) is 50.4 Å². The number of likely N-dealkylation sites (N-methyl/N-ethyl adjacent to an activating group) is 1. The van der Waals surface area contributed by atoms with Crippen LogP contribution in [0.5, 0.6) is 0 Å². The molecule has 0 spiro atoms. The number of quaternary nitrogens is 1. The maximum absolute atomic E-state index is 12.2. The topological polar surface area (TPSA) is 106 Å². The summed E-state index contributed by atoms with van der Waals surface area (Å²) >= 11 is 5.99. The number of halogens is 1. The Morgan fingerprint density at radius 1 is 1.07 bits per heavy atom. The first-order valence-corrected chi connectivity index (χ1v) is 8.55. The number of rotatable bonds is 7. The number of nitrogens with one attached hydrogen (secondary N) is 3. The molecule has 9 heteroatoms. The van der Waals surface area contributed by atoms with Crippen molar-refractivity contribution in [2.45, 2.75) is 6.92 Å². The van der Waals surface area contributed by atoms with Gasteiger partial charge in [0.1, 0.15) is 5.69 Å². The summed E-state index contributed by atoms with van der Waals surface area (Å²) in [7, 11) is 1.68. The normalized spacial score (nSPS) is 11.5. The summed E-state index contributed by atoms with van der Waals surface area (Å²) in [5, 5.41) is 16.8. The zero-order chi connectivity index (χ0) is 20.0. The Kier molecular flexibility index (Phi) is 6.86. The first kappa shape index (κ1) is 20.3. The molecule has 1 unspecified atom stereocenters. The predicted molar refractivity (Wildman–Crippen MR) is 103 cm³/mol. The molecule has 2 rings (SSSR count). The van der Waals surface area contributed by atoms with Gasteiger partial charge in [-0.05, 0) is 24.6 Å². The van der Waals surface area contributed by atoms with Crippen molar-refractivity contribution in [3.8, 4) is 0 Å². The standard InChI is InChI=1S/C18H19ClN4O4/c1-12-6-5-9-15(23(26)27)18(12)21-17(25)11-22(2)10-16(24)20-14-8-4-3-7-13(14)19/h3-9H,10-11H2,1-2H3,(H,20,24)(H,21,25)/p+1. The van der Waals surface area contributed by atoms with E-state index in [4.69, 9.17) is 11.6 Å². The molecule has 0 aliphatic carbocycles. The number of amides is 2. The van der Waals surface area contributed by atoms with Crippen LogP contribution in [0.3, 0.4) is 0 Å². The highest BCUT2D eigenvalue weighted by atomic mass is 35.5. The lowest BCUT2D eigenvalue weighted by atomic mass is 10.1. The van der Waals surface area contributed by atoms with Gasteiger partial charge in [-0.15, -0.1) is 0 Å². The number of benzene rings is 2. The Bertz CT molecular complexity index is 872. The van der Waals surface area contributed by atoms with E-state index < -0.39 is 10.8 Å². The second-order valence-corrected chi connectivity index (χ2v) is 6.52. The second kappa shape index (κ2) is 9.11. The number of nitro groups is 1. The van der Waals surface area contributed by atoms with Crippen molar-refractivity contribution in [2.24, 2.45) is 0 Å². The maximum Gasteiger partial charge on any atom is 0.293 e. The van der Waals surface area contributed by atoms with Crippen molar-refractivity contribution in [3.05, 3.63) is 63.2 Å². The van der Waals surface area contributed by atoms with Gasteiger partial charge in [0.2, 0.25) is 0 Å². The molecule has 27 heavy (non-hydrogen) atoms. The summed E-state index contributed by atoms with van der Waals surface area (Å²) in [5.74, 6) is -0.717. The lowest BCUT2D eigenvalue weighted by Crippen LogP contribution is -3.11. The van der Waals surface area contributed by atoms with Crippen LogP contribution in [0.1, 0.15) is 5.56 Å². The van der Waals surface area contributed by atoms with Crippen LogP contribution in [-0.4, -0.2) is 36.9 Å². The molecule has 0 heterocycles. The highest BCUT2D eigenvalue weighted by molar-refractivity contribution is 6.33. The van der Waals surface area contributed by atoms with Gasteiger partial charge < -0.3 is 15.5 Å². The summed E-state index contributed by atoms with van der Waals surface area (Å²) in [6, 6.07) is 11.4. The Balaban J connectivity index is 1.93. The summed E-state index contributed by atoms with van der Waals surface area (Å²) in [6.07, 6.45) is 0. The fourth-order valence-electron chi connectivity index (χ4n) is 2.52. The van der Waals surface area contributed by atoms with Crippen LogP contribution in [-0.2, 0) is 9.59 Å². The van der Waals surface area contributed by atoms with Gasteiger partial charge in [-0.3, -0.25) is 19.7 Å². The Labute approximate surface area is 161 Å². The zero-order valence-electron chi connectivity index (χ0n) is 14.9. The molecule has 0 aliphatic heterocycles. The first-order chi connectivity index (χ1) is 12.8. The molecule has 0 aromatic heterocycles. The average Bonchev–Trinajstić information content (AvgIpc) is 2.58. The van der Waals surface area contributed by atoms with Crippen LogP contribution in [0.2, 0.25) is 5.02 Å². The number of anilines is 2. The number of hydrogen-bond acceptors (Lipinski definition) is 4. The monoisotopic (exact) mass is 391 g/mol. The smallest absolute Gasteiger partial charge is 0.293 e. The minimum Gasteiger partial charge on any atom is -0.322 e. The second-order valence-electron chi connectivity index (χ2n) is 6.11. The minimum atomic E-state index is -0.545. The van der Waals surface area contributed by atoms with Crippen molar-refractivity contribution in [1.29, 1.82) is 0 Å². The van der Waals surface area contributed by atoms with Gasteiger partial charge in [0, 0.05) is 6.07 Å². The largest absolute Gasteiger partial charge is 0.322 e. The third-order valence-electron chi connectivity index (χ3n) is 3.78. The molecule has 2 aromatic rings. The maximum atomic E-state index is 12.2. The van der Waals surface area contributed by atoms with Gasteiger partial charge in [0.05, 0.1) is 22.7 Å². The summed E-state index contributed by atoms with van der Waals surface area (Å²) in [6.45, 7) is 1.69. The molecule has 142 valence electrons. The van der Waals surface area contributed by atoms with Crippen molar-refractivity contribution >= 4 is 40.5 Å². The predicted octanol–water partition coefficient (Wildman–Crippen LogP) is 1.65. The lowest BCUT2D eigenvalue weighted by Gasteiger charge is -2.15. The number of carbonyl (C=O) groups is 2. The van der Waals surface area contributed by atoms with Crippen LogP contribution in [0.25, 0.3) is 0 Å². The van der Waals surface area contributed by atoms with Crippen LogP contribution in [0, 0.1) is 17.0 Å². The summed E-state index contributed by atoms with van der Waals surface area (Å²) in [5.41, 5.74) is 1.09. The Morgan fingerprint density at radius 2 is 1.70 bits per heavy atom. The lowest BCUT2D eigenvalue weighted by molar-refractivity contribution is -0.862. The molecule has 0 bridgehead atoms. The van der Waals surface area contributed by atoms with E-state index in [1.807, 2.05) is 0 Å². The van der Waals surface area contributed by atoms with E-state index in [0.717, 1.165) is 0 Å².